The quantitative estimate of drug-likeness (QED) is 0.225. The van der Waals surface area contributed by atoms with Crippen molar-refractivity contribution < 1.29 is 23.2 Å². The topological polar surface area (TPSA) is 117 Å². The van der Waals surface area contributed by atoms with Gasteiger partial charge in [-0.3, -0.25) is 0 Å². The standard InChI is InChI=1S/C12H15N3O2.C12H18N3.C11H16N3/c1-14-7-3-4-11-10(14)5-8-15(11)9-6-13-12(16)17-2;1-10(13)5-8-15-9-6-11-12(15)4-3-7-14(11)2;1-9(12)8-14-7-5-10-11(14)4-3-6-13(10)2/h3-5,7-8H,6,9H2,1-2H3;3-4,6-7,9-10H,5,8,13H2,1-2H3;3-7,9H,8,12H2,1-2H3/q;2*+1/p+1. The summed E-state index contributed by atoms with van der Waals surface area (Å²) in [4.78, 5) is 10.9. The van der Waals surface area contributed by atoms with Gasteiger partial charge in [-0.1, -0.05) is 0 Å². The van der Waals surface area contributed by atoms with Crippen LogP contribution in [-0.2, 0) is 45.5 Å². The molecule has 0 fully saturated rings. The average Bonchev–Trinajstić information content (AvgIpc) is 3.75. The van der Waals surface area contributed by atoms with Crippen molar-refractivity contribution in [2.24, 2.45) is 32.6 Å². The van der Waals surface area contributed by atoms with E-state index < -0.39 is 6.09 Å². The maximum Gasteiger partial charge on any atom is 0.406 e. The monoisotopic (exact) mass is 628 g/mol. The molecule has 0 radical (unpaired) electrons. The maximum absolute atomic E-state index is 10.9. The molecule has 2 unspecified atom stereocenters. The number of nitrogens with zero attached hydrogens (tertiary/aromatic N) is 6. The summed E-state index contributed by atoms with van der Waals surface area (Å²) in [7, 11) is 7.50. The zero-order valence-electron chi connectivity index (χ0n) is 28.0. The van der Waals surface area contributed by atoms with Crippen LogP contribution in [-0.4, -0.2) is 45.5 Å². The number of carbonyl (C=O) groups excluding carboxylic acids is 1. The number of aryl methyl sites for hydroxylation is 4. The number of alkyl carbamates (subject to hydrolysis) is 1. The van der Waals surface area contributed by atoms with Gasteiger partial charge < -0.3 is 35.2 Å². The molecular weight excluding hydrogens is 578 g/mol. The lowest BCUT2D eigenvalue weighted by Gasteiger charge is -2.06. The second-order valence-corrected chi connectivity index (χ2v) is 11.8. The van der Waals surface area contributed by atoms with Gasteiger partial charge in [0.1, 0.15) is 37.7 Å². The van der Waals surface area contributed by atoms with Crippen molar-refractivity contribution >= 4 is 39.2 Å². The van der Waals surface area contributed by atoms with Crippen LogP contribution in [0.3, 0.4) is 0 Å². The van der Waals surface area contributed by atoms with E-state index in [9.17, 15) is 4.79 Å². The highest BCUT2D eigenvalue weighted by atomic mass is 16.5. The maximum atomic E-state index is 10.9. The smallest absolute Gasteiger partial charge is 0.406 e. The number of amides is 1. The Morgan fingerprint density at radius 2 is 1.15 bits per heavy atom. The first-order valence-electron chi connectivity index (χ1n) is 15.7. The lowest BCUT2D eigenvalue weighted by molar-refractivity contribution is -0.645. The summed E-state index contributed by atoms with van der Waals surface area (Å²) in [6.07, 6.45) is 13.0. The molecule has 1 amide bonds. The summed E-state index contributed by atoms with van der Waals surface area (Å²) >= 11 is 0. The number of carbonyl (C=O) groups is 1. The Bertz CT molecular complexity index is 1870. The van der Waals surface area contributed by atoms with E-state index in [0.29, 0.717) is 6.54 Å². The lowest BCUT2D eigenvalue weighted by Crippen LogP contribution is -2.28. The third-order valence-corrected chi connectivity index (χ3v) is 7.90. The second-order valence-electron chi connectivity index (χ2n) is 11.8. The summed E-state index contributed by atoms with van der Waals surface area (Å²) < 4.78 is 17.4. The first kappa shape index (κ1) is 34.1. The number of fused-ring (bicyclic) bond motifs is 3. The van der Waals surface area contributed by atoms with Gasteiger partial charge in [0, 0.05) is 93.3 Å². The van der Waals surface area contributed by atoms with Crippen molar-refractivity contribution in [1.29, 1.82) is 0 Å². The van der Waals surface area contributed by atoms with E-state index in [0.717, 1.165) is 31.6 Å². The van der Waals surface area contributed by atoms with Crippen LogP contribution in [0.4, 0.5) is 4.79 Å². The predicted octanol–water partition coefficient (Wildman–Crippen LogP) is 2.84. The highest BCUT2D eigenvalue weighted by Gasteiger charge is 2.11. The molecular formula is C35H50N9O2+3. The number of hydrogen-bond acceptors (Lipinski definition) is 4. The SMILES string of the molecule is CC(N)CCn1ccc2c1ccc[n+]2C.CC(N)Cn1ccc2c1ccc[n+]2C.COC(=O)NCCn1ccc2c1ccc[n+]2C. The average molecular weight is 629 g/mol. The number of pyridine rings is 3. The molecule has 46 heavy (non-hydrogen) atoms. The molecule has 6 heterocycles. The Balaban J connectivity index is 0.000000157. The number of nitrogens with two attached hydrogens (primary N) is 2. The zero-order chi connectivity index (χ0) is 33.2. The van der Waals surface area contributed by atoms with Crippen molar-refractivity contribution in [3.05, 3.63) is 91.8 Å². The third-order valence-electron chi connectivity index (χ3n) is 7.90. The highest BCUT2D eigenvalue weighted by molar-refractivity contribution is 5.73. The largest absolute Gasteiger partial charge is 0.453 e. The molecule has 2 atom stereocenters. The van der Waals surface area contributed by atoms with Gasteiger partial charge in [0.25, 0.3) is 0 Å². The Morgan fingerprint density at radius 3 is 1.59 bits per heavy atom. The third kappa shape index (κ3) is 8.70. The van der Waals surface area contributed by atoms with Crippen LogP contribution >= 0.6 is 0 Å². The summed E-state index contributed by atoms with van der Waals surface area (Å²) in [5.74, 6) is 0. The first-order chi connectivity index (χ1) is 22.1. The van der Waals surface area contributed by atoms with Crippen LogP contribution in [0.1, 0.15) is 20.3 Å². The van der Waals surface area contributed by atoms with Gasteiger partial charge in [0.05, 0.1) is 7.11 Å². The summed E-state index contributed by atoms with van der Waals surface area (Å²) in [6, 6.07) is 19.3. The number of nitrogens with one attached hydrogen (secondary N) is 1. The number of ether oxygens (including phenoxy) is 1. The number of methoxy groups -OCH3 is 1. The van der Waals surface area contributed by atoms with Gasteiger partial charge in [-0.05, 0) is 38.5 Å². The minimum Gasteiger partial charge on any atom is -0.453 e. The summed E-state index contributed by atoms with van der Waals surface area (Å²) in [5, 5.41) is 2.66. The van der Waals surface area contributed by atoms with Gasteiger partial charge in [-0.2, -0.15) is 13.7 Å². The summed E-state index contributed by atoms with van der Waals surface area (Å²) in [5.41, 5.74) is 18.9. The molecule has 5 N–H and O–H groups in total. The fourth-order valence-corrected chi connectivity index (χ4v) is 5.44. The zero-order valence-corrected chi connectivity index (χ0v) is 28.0. The molecule has 11 nitrogen and oxygen atoms in total. The number of rotatable bonds is 8. The minimum atomic E-state index is -0.396. The molecule has 6 aromatic rings. The highest BCUT2D eigenvalue weighted by Crippen LogP contribution is 2.13. The van der Waals surface area contributed by atoms with Gasteiger partial charge in [-0.25, -0.2) is 4.79 Å². The molecule has 11 heteroatoms. The van der Waals surface area contributed by atoms with E-state index in [1.807, 2.05) is 39.4 Å². The molecule has 6 aromatic heterocycles. The molecule has 0 aliphatic rings. The normalized spacial score (nSPS) is 12.3. The Kier molecular flexibility index (Phi) is 11.9. The van der Waals surface area contributed by atoms with Crippen molar-refractivity contribution in [1.82, 2.24) is 19.0 Å². The van der Waals surface area contributed by atoms with Crippen LogP contribution in [0, 0.1) is 0 Å². The van der Waals surface area contributed by atoms with Crippen LogP contribution in [0.25, 0.3) is 33.1 Å². The lowest BCUT2D eigenvalue weighted by atomic mass is 10.2. The van der Waals surface area contributed by atoms with Crippen molar-refractivity contribution in [2.45, 2.75) is 52.0 Å². The van der Waals surface area contributed by atoms with Crippen molar-refractivity contribution in [3.8, 4) is 0 Å². The van der Waals surface area contributed by atoms with E-state index >= 15 is 0 Å². The first-order valence-corrected chi connectivity index (χ1v) is 15.7. The Labute approximate surface area is 271 Å². The summed E-state index contributed by atoms with van der Waals surface area (Å²) in [6.45, 7) is 7.21. The van der Waals surface area contributed by atoms with Crippen LogP contribution in [0.5, 0.6) is 0 Å². The molecule has 0 saturated carbocycles. The molecule has 0 spiro atoms. The van der Waals surface area contributed by atoms with Gasteiger partial charge in [0.15, 0.2) is 18.6 Å². The molecule has 0 aliphatic carbocycles. The van der Waals surface area contributed by atoms with Gasteiger partial charge in [-0.15, -0.1) is 0 Å². The Morgan fingerprint density at radius 1 is 0.717 bits per heavy atom. The van der Waals surface area contributed by atoms with E-state index in [2.05, 4.69) is 125 Å². The fraction of sp³-hybridized carbons (Fsp3) is 0.371. The molecule has 0 aromatic carbocycles. The van der Waals surface area contributed by atoms with Crippen molar-refractivity contribution in [3.63, 3.8) is 0 Å². The van der Waals surface area contributed by atoms with Crippen LogP contribution in [0.15, 0.2) is 91.8 Å². The Hall–Kier alpha value is -4.74. The van der Waals surface area contributed by atoms with E-state index in [-0.39, 0.29) is 12.1 Å². The van der Waals surface area contributed by atoms with Gasteiger partial charge in [0.2, 0.25) is 16.6 Å². The van der Waals surface area contributed by atoms with Gasteiger partial charge >= 0.3 is 6.09 Å². The number of aromatic nitrogens is 6. The minimum absolute atomic E-state index is 0.191. The molecule has 0 aliphatic heterocycles. The van der Waals surface area contributed by atoms with Crippen molar-refractivity contribution in [2.75, 3.05) is 13.7 Å². The van der Waals surface area contributed by atoms with Crippen LogP contribution < -0.4 is 30.5 Å². The van der Waals surface area contributed by atoms with E-state index in [1.54, 1.807) is 0 Å². The molecule has 6 rings (SSSR count). The fourth-order valence-electron chi connectivity index (χ4n) is 5.44. The molecule has 0 bridgehead atoms. The molecule has 0 saturated heterocycles. The van der Waals surface area contributed by atoms with E-state index in [4.69, 9.17) is 11.5 Å². The van der Waals surface area contributed by atoms with Crippen LogP contribution in [0.2, 0.25) is 0 Å². The van der Waals surface area contributed by atoms with E-state index in [1.165, 1.54) is 34.7 Å². The molecule has 244 valence electrons. The second kappa shape index (κ2) is 16.0. The predicted molar refractivity (Wildman–Crippen MR) is 182 cm³/mol. The number of hydrogen-bond donors (Lipinski definition) is 3.